The van der Waals surface area contributed by atoms with Crippen LogP contribution in [0.2, 0.25) is 0 Å². The third-order valence-corrected chi connectivity index (χ3v) is 0. The van der Waals surface area contributed by atoms with Crippen LogP contribution in [0, 0.1) is 0 Å². The minimum absolute atomic E-state index is 0.750. The maximum absolute atomic E-state index is 8.40. The molecule has 0 saturated heterocycles. The normalized spacial score (nSPS) is 2.20. The minimum atomic E-state index is -1.42. The first-order valence-corrected chi connectivity index (χ1v) is 2.07. The monoisotopic (exact) mass is 124 g/mol. The van der Waals surface area contributed by atoms with Gasteiger partial charge in [0.1, 0.15) is 0 Å². The average Bonchev–Trinajstić information content (AvgIpc) is 1.46. The van der Waals surface area contributed by atoms with Crippen molar-refractivity contribution in [2.75, 3.05) is 0 Å². The summed E-state index contributed by atoms with van der Waals surface area (Å²) in [6.07, 6.45) is 0. The first kappa shape index (κ1) is 9.01. The van der Waals surface area contributed by atoms with E-state index in [1.54, 1.807) is 0 Å². The molecule has 0 bridgehead atoms. The zero-order valence-corrected chi connectivity index (χ0v) is 4.79. The van der Waals surface area contributed by atoms with E-state index in [0.29, 0.717) is 0 Å². The molecule has 0 aliphatic carbocycles. The molecule has 0 aromatic carbocycles. The van der Waals surface area contributed by atoms with Crippen LogP contribution in [0.5, 0.6) is 0 Å². The Hall–Kier alpha value is 0.331. The van der Waals surface area contributed by atoms with Gasteiger partial charge in [0.05, 0.1) is 0 Å². The molecule has 0 aromatic heterocycles. The van der Waals surface area contributed by atoms with Gasteiger partial charge in [0.25, 0.3) is 0 Å². The molecule has 0 fully saturated rings. The molecule has 5 heteroatoms. The second-order valence-electron chi connectivity index (χ2n) is 0.0833. The Morgan fingerprint density at radius 2 is 1.20 bits per heavy atom. The zero-order chi connectivity index (χ0) is 4.71. The van der Waals surface area contributed by atoms with Crippen LogP contribution in [0.25, 0.3) is 0 Å². The van der Waals surface area contributed by atoms with E-state index >= 15 is 0 Å². The molecule has 5 heavy (non-hydrogen) atoms. The van der Waals surface area contributed by atoms with Crippen molar-refractivity contribution in [2.45, 2.75) is 0 Å². The summed E-state index contributed by atoms with van der Waals surface area (Å²) in [6.45, 7) is 0. The molecule has 3 nitrogen and oxygen atoms in total. The van der Waals surface area contributed by atoms with Gasteiger partial charge in [-0.15, -0.1) is 0 Å². The first-order valence-electron chi connectivity index (χ1n) is 0.612. The Kier molecular flexibility index (Phi) is 48.9. The van der Waals surface area contributed by atoms with Crippen LogP contribution in [-0.4, -0.2) is 9.29 Å². The average molecular weight is 124 g/mol. The van der Waals surface area contributed by atoms with Gasteiger partial charge in [0, 0.05) is 0 Å². The van der Waals surface area contributed by atoms with Gasteiger partial charge in [0.15, 0.2) is 0 Å². The van der Waals surface area contributed by atoms with Crippen molar-refractivity contribution in [1.82, 2.24) is 0 Å². The Balaban J connectivity index is 0. The summed E-state index contributed by atoms with van der Waals surface area (Å²) >= 11 is 0.750. The summed E-state index contributed by atoms with van der Waals surface area (Å²) < 4.78 is 25.1. The molecule has 0 rings (SSSR count). The molecule has 0 saturated carbocycles. The summed E-state index contributed by atoms with van der Waals surface area (Å²) in [5.41, 5.74) is 0. The molecule has 26 valence electrons. The zero-order valence-electron chi connectivity index (χ0n) is 2.22. The standard InChI is InChI=1S/O2Si.O.Ti/c1-3-2;;. The molecular formula is O3SiTi. The van der Waals surface area contributed by atoms with Crippen LogP contribution in [0.1, 0.15) is 0 Å². The van der Waals surface area contributed by atoms with Gasteiger partial charge in [0.2, 0.25) is 0 Å². The van der Waals surface area contributed by atoms with Gasteiger partial charge >= 0.3 is 33.0 Å². The topological polar surface area (TPSA) is 51.2 Å². The summed E-state index contributed by atoms with van der Waals surface area (Å²) in [5.74, 6) is 0. The van der Waals surface area contributed by atoms with Crippen LogP contribution in [0.4, 0.5) is 0 Å². The van der Waals surface area contributed by atoms with Crippen molar-refractivity contribution < 1.29 is 32.7 Å². The van der Waals surface area contributed by atoms with Crippen LogP contribution >= 0.6 is 0 Å². The molecule has 0 aliphatic heterocycles. The van der Waals surface area contributed by atoms with Crippen molar-refractivity contribution >= 4 is 9.29 Å². The van der Waals surface area contributed by atoms with Gasteiger partial charge in [-0.2, -0.15) is 0 Å². The Morgan fingerprint density at radius 1 is 1.20 bits per heavy atom. The molecule has 0 N–H and O–H groups in total. The molecule has 0 spiro atoms. The summed E-state index contributed by atoms with van der Waals surface area (Å²) in [4.78, 5) is 0. The number of hydrogen-bond acceptors (Lipinski definition) is 3. The van der Waals surface area contributed by atoms with Crippen LogP contribution in [-0.2, 0) is 32.7 Å². The van der Waals surface area contributed by atoms with Crippen molar-refractivity contribution in [3.8, 4) is 0 Å². The molecule has 0 heterocycles. The fourth-order valence-corrected chi connectivity index (χ4v) is 0. The van der Waals surface area contributed by atoms with Gasteiger partial charge < -0.3 is 0 Å². The third-order valence-electron chi connectivity index (χ3n) is 0. The SMILES string of the molecule is O=[Si]=O.[O]=[Ti]. The number of rotatable bonds is 0. The Morgan fingerprint density at radius 3 is 1.20 bits per heavy atom. The summed E-state index contributed by atoms with van der Waals surface area (Å²) in [6, 6.07) is 0. The fourth-order valence-electron chi connectivity index (χ4n) is 0. The Bertz CT molecular complexity index is 36.2. The quantitative estimate of drug-likeness (QED) is 0.399. The second kappa shape index (κ2) is 27.1. The molecule has 0 aliphatic rings. The van der Waals surface area contributed by atoms with Gasteiger partial charge in [-0.25, -0.2) is 0 Å². The molecule has 0 radical (unpaired) electrons. The van der Waals surface area contributed by atoms with Gasteiger partial charge in [-0.1, -0.05) is 0 Å². The van der Waals surface area contributed by atoms with Crippen molar-refractivity contribution in [2.24, 2.45) is 0 Å². The van der Waals surface area contributed by atoms with Gasteiger partial charge in [-0.05, 0) is 0 Å². The number of hydrogen-bond donors (Lipinski definition) is 0. The fraction of sp³-hybridized carbons (Fsp3) is 0. The van der Waals surface area contributed by atoms with Crippen LogP contribution < -0.4 is 0 Å². The van der Waals surface area contributed by atoms with E-state index in [2.05, 4.69) is 0 Å². The van der Waals surface area contributed by atoms with Crippen molar-refractivity contribution in [3.63, 3.8) is 0 Å². The van der Waals surface area contributed by atoms with E-state index in [4.69, 9.17) is 12.2 Å². The van der Waals surface area contributed by atoms with E-state index in [-0.39, 0.29) is 0 Å². The second-order valence-corrected chi connectivity index (χ2v) is 0.250. The summed E-state index contributed by atoms with van der Waals surface area (Å²) in [5, 5.41) is 0. The van der Waals surface area contributed by atoms with E-state index in [9.17, 15) is 0 Å². The molecule has 0 unspecified atom stereocenters. The first-order chi connectivity index (χ1) is 2.41. The van der Waals surface area contributed by atoms with Crippen LogP contribution in [0.3, 0.4) is 0 Å². The predicted molar refractivity (Wildman–Crippen MR) is 7.81 cm³/mol. The van der Waals surface area contributed by atoms with Crippen molar-refractivity contribution in [1.29, 1.82) is 0 Å². The maximum atomic E-state index is 8.40. The van der Waals surface area contributed by atoms with Crippen LogP contribution in [0.15, 0.2) is 0 Å². The van der Waals surface area contributed by atoms with E-state index < -0.39 is 9.29 Å². The molecular weight excluding hydrogens is 124 g/mol. The van der Waals surface area contributed by atoms with Crippen molar-refractivity contribution in [3.05, 3.63) is 0 Å². The molecule has 0 aromatic rings. The van der Waals surface area contributed by atoms with E-state index in [1.807, 2.05) is 0 Å². The van der Waals surface area contributed by atoms with E-state index in [0.717, 1.165) is 20.4 Å². The van der Waals surface area contributed by atoms with E-state index in [1.165, 1.54) is 0 Å². The van der Waals surface area contributed by atoms with Gasteiger partial charge in [-0.3, -0.25) is 8.92 Å². The predicted octanol–water partition coefficient (Wildman–Crippen LogP) is -0.740. The molecule has 0 atom stereocenters. The third kappa shape index (κ3) is 215. The summed E-state index contributed by atoms with van der Waals surface area (Å²) in [7, 11) is -1.42. The molecule has 0 amide bonds. The Labute approximate surface area is 42.4 Å².